The molecule has 0 radical (unpaired) electrons. The average Bonchev–Trinajstić information content (AvgIpc) is 3.22. The molecule has 3 atom stereocenters. The summed E-state index contributed by atoms with van der Waals surface area (Å²) in [5.41, 5.74) is 0.413. The number of anilines is 1. The van der Waals surface area contributed by atoms with Gasteiger partial charge in [-0.25, -0.2) is 9.37 Å². The Balaban J connectivity index is 1.44. The summed E-state index contributed by atoms with van der Waals surface area (Å²) in [5.74, 6) is 0.00184. The van der Waals surface area contributed by atoms with Crippen molar-refractivity contribution in [3.8, 4) is 0 Å². The second kappa shape index (κ2) is 9.77. The SMILES string of the molecule is CCCCCCC(C)C(=O)OC1NCC12CCN(c1nc(Cl)nc3cc(Br)c(F)cc13)C2. The van der Waals surface area contributed by atoms with E-state index < -0.39 is 0 Å². The topological polar surface area (TPSA) is 67.3 Å². The monoisotopic (exact) mass is 526 g/mol. The number of aromatic nitrogens is 2. The van der Waals surface area contributed by atoms with Crippen molar-refractivity contribution in [2.45, 2.75) is 58.6 Å². The molecule has 174 valence electrons. The molecule has 0 aliphatic carbocycles. The van der Waals surface area contributed by atoms with Gasteiger partial charge in [0.2, 0.25) is 5.28 Å². The number of carbonyl (C=O) groups is 1. The van der Waals surface area contributed by atoms with Crippen LogP contribution < -0.4 is 10.2 Å². The molecule has 3 unspecified atom stereocenters. The number of hydrogen-bond donors (Lipinski definition) is 1. The van der Waals surface area contributed by atoms with E-state index in [0.29, 0.717) is 27.7 Å². The fourth-order valence-electron chi connectivity index (χ4n) is 4.62. The Labute approximate surface area is 201 Å². The molecule has 1 aromatic heterocycles. The van der Waals surface area contributed by atoms with Crippen molar-refractivity contribution in [2.75, 3.05) is 24.5 Å². The molecule has 1 N–H and O–H groups in total. The van der Waals surface area contributed by atoms with Gasteiger partial charge in [0.25, 0.3) is 0 Å². The van der Waals surface area contributed by atoms with E-state index in [1.54, 1.807) is 6.07 Å². The molecule has 3 heterocycles. The molecule has 2 fully saturated rings. The van der Waals surface area contributed by atoms with Gasteiger partial charge in [-0.05, 0) is 52.5 Å². The maximum Gasteiger partial charge on any atom is 0.310 e. The first-order valence-electron chi connectivity index (χ1n) is 11.3. The van der Waals surface area contributed by atoms with Crippen LogP contribution in [-0.4, -0.2) is 41.8 Å². The van der Waals surface area contributed by atoms with Crippen LogP contribution in [0.15, 0.2) is 16.6 Å². The van der Waals surface area contributed by atoms with Gasteiger partial charge in [0.15, 0.2) is 6.23 Å². The summed E-state index contributed by atoms with van der Waals surface area (Å²) in [6.07, 6.45) is 5.99. The smallest absolute Gasteiger partial charge is 0.310 e. The predicted molar refractivity (Wildman–Crippen MR) is 127 cm³/mol. The maximum atomic E-state index is 14.2. The first-order valence-corrected chi connectivity index (χ1v) is 12.5. The van der Waals surface area contributed by atoms with E-state index in [1.807, 2.05) is 6.92 Å². The van der Waals surface area contributed by atoms with Crippen LogP contribution in [0.3, 0.4) is 0 Å². The highest BCUT2D eigenvalue weighted by Crippen LogP contribution is 2.43. The number of nitrogens with one attached hydrogen (secondary N) is 1. The number of benzene rings is 1. The molecule has 2 aliphatic heterocycles. The Bertz CT molecular complexity index is 1010. The van der Waals surface area contributed by atoms with Crippen molar-refractivity contribution in [2.24, 2.45) is 11.3 Å². The molecule has 0 amide bonds. The molecule has 4 rings (SSSR count). The van der Waals surface area contributed by atoms with E-state index in [2.05, 4.69) is 43.0 Å². The molecule has 32 heavy (non-hydrogen) atoms. The van der Waals surface area contributed by atoms with Crippen molar-refractivity contribution in [1.82, 2.24) is 15.3 Å². The Morgan fingerprint density at radius 3 is 2.94 bits per heavy atom. The van der Waals surface area contributed by atoms with E-state index in [4.69, 9.17) is 16.3 Å². The Kier molecular flexibility index (Phi) is 7.22. The largest absolute Gasteiger partial charge is 0.446 e. The number of nitrogens with zero attached hydrogens (tertiary/aromatic N) is 3. The van der Waals surface area contributed by atoms with Crippen LogP contribution in [0.4, 0.5) is 10.2 Å². The summed E-state index contributed by atoms with van der Waals surface area (Å²) < 4.78 is 20.4. The van der Waals surface area contributed by atoms with E-state index in [1.165, 1.54) is 18.9 Å². The minimum absolute atomic E-state index is 0.102. The molecule has 0 bridgehead atoms. The van der Waals surface area contributed by atoms with Crippen LogP contribution in [0.2, 0.25) is 5.28 Å². The number of fused-ring (bicyclic) bond motifs is 1. The van der Waals surface area contributed by atoms with Crippen molar-refractivity contribution in [3.63, 3.8) is 0 Å². The van der Waals surface area contributed by atoms with E-state index in [-0.39, 0.29) is 34.6 Å². The highest BCUT2D eigenvalue weighted by Gasteiger charge is 2.53. The fraction of sp³-hybridized carbons (Fsp3) is 0.609. The quantitative estimate of drug-likeness (QED) is 0.279. The summed E-state index contributed by atoms with van der Waals surface area (Å²) in [6, 6.07) is 3.05. The molecular weight excluding hydrogens is 499 g/mol. The van der Waals surface area contributed by atoms with Crippen LogP contribution >= 0.6 is 27.5 Å². The van der Waals surface area contributed by atoms with Gasteiger partial charge in [-0.3, -0.25) is 10.1 Å². The molecule has 0 saturated carbocycles. The third-order valence-corrected chi connectivity index (χ3v) is 7.47. The summed E-state index contributed by atoms with van der Waals surface area (Å²) in [4.78, 5) is 23.4. The van der Waals surface area contributed by atoms with Crippen LogP contribution in [0.5, 0.6) is 0 Å². The molecule has 6 nitrogen and oxygen atoms in total. The van der Waals surface area contributed by atoms with Gasteiger partial charge in [0, 0.05) is 25.0 Å². The Morgan fingerprint density at radius 1 is 1.41 bits per heavy atom. The molecule has 1 aromatic carbocycles. The van der Waals surface area contributed by atoms with Gasteiger partial charge in [0.1, 0.15) is 11.6 Å². The lowest BCUT2D eigenvalue weighted by Crippen LogP contribution is -2.65. The average molecular weight is 528 g/mol. The van der Waals surface area contributed by atoms with Gasteiger partial charge >= 0.3 is 5.97 Å². The maximum absolute atomic E-state index is 14.2. The van der Waals surface area contributed by atoms with Gasteiger partial charge in [0.05, 0.1) is 21.3 Å². The summed E-state index contributed by atoms with van der Waals surface area (Å²) in [5, 5.41) is 4.03. The van der Waals surface area contributed by atoms with E-state index in [0.717, 1.165) is 38.8 Å². The first kappa shape index (κ1) is 23.6. The molecule has 9 heteroatoms. The van der Waals surface area contributed by atoms with Gasteiger partial charge in [-0.2, -0.15) is 4.98 Å². The second-order valence-electron chi connectivity index (χ2n) is 9.08. The van der Waals surface area contributed by atoms with Crippen LogP contribution in [0.1, 0.15) is 52.4 Å². The lowest BCUT2D eigenvalue weighted by atomic mass is 9.78. The van der Waals surface area contributed by atoms with Crippen molar-refractivity contribution in [1.29, 1.82) is 0 Å². The number of rotatable bonds is 8. The summed E-state index contributed by atoms with van der Waals surface area (Å²) in [6.45, 7) is 6.27. The minimum Gasteiger partial charge on any atom is -0.446 e. The second-order valence-corrected chi connectivity index (χ2v) is 10.3. The molecule has 1 spiro atoms. The van der Waals surface area contributed by atoms with Crippen molar-refractivity contribution >= 4 is 50.2 Å². The summed E-state index contributed by atoms with van der Waals surface area (Å²) >= 11 is 9.37. The Morgan fingerprint density at radius 2 is 2.22 bits per heavy atom. The van der Waals surface area contributed by atoms with Crippen molar-refractivity contribution < 1.29 is 13.9 Å². The third kappa shape index (κ3) is 4.73. The van der Waals surface area contributed by atoms with Gasteiger partial charge in [-0.15, -0.1) is 0 Å². The zero-order valence-electron chi connectivity index (χ0n) is 18.5. The third-order valence-electron chi connectivity index (χ3n) is 6.70. The lowest BCUT2D eigenvalue weighted by molar-refractivity contribution is -0.174. The number of ether oxygens (including phenoxy) is 1. The number of carbonyl (C=O) groups excluding carboxylic acids is 1. The van der Waals surface area contributed by atoms with Gasteiger partial charge < -0.3 is 9.64 Å². The highest BCUT2D eigenvalue weighted by molar-refractivity contribution is 9.10. The summed E-state index contributed by atoms with van der Waals surface area (Å²) in [7, 11) is 0. The Hall–Kier alpha value is -1.51. The number of esters is 1. The number of halogens is 3. The van der Waals surface area contributed by atoms with Crippen LogP contribution in [-0.2, 0) is 9.53 Å². The zero-order valence-corrected chi connectivity index (χ0v) is 20.8. The number of unbranched alkanes of at least 4 members (excludes halogenated alkanes) is 3. The molecule has 2 saturated heterocycles. The predicted octanol–water partition coefficient (Wildman–Crippen LogP) is 5.46. The zero-order chi connectivity index (χ0) is 22.9. The van der Waals surface area contributed by atoms with Crippen LogP contribution in [0.25, 0.3) is 10.9 Å². The molecular formula is C23H29BrClFN4O2. The van der Waals surface area contributed by atoms with Gasteiger partial charge in [-0.1, -0.05) is 39.5 Å². The minimum atomic E-state index is -0.372. The lowest BCUT2D eigenvalue weighted by Gasteiger charge is -2.47. The number of hydrogen-bond acceptors (Lipinski definition) is 6. The normalized spacial score (nSPS) is 23.5. The highest BCUT2D eigenvalue weighted by atomic mass is 79.9. The fourth-order valence-corrected chi connectivity index (χ4v) is 5.13. The first-order chi connectivity index (χ1) is 15.3. The van der Waals surface area contributed by atoms with Crippen LogP contribution in [0, 0.1) is 17.2 Å². The van der Waals surface area contributed by atoms with E-state index in [9.17, 15) is 9.18 Å². The van der Waals surface area contributed by atoms with Crippen molar-refractivity contribution in [3.05, 3.63) is 27.7 Å². The standard InChI is InChI=1S/C23H29BrClFN4O2/c1-3-4-5-6-7-14(2)20(31)32-21-23(12-27-21)8-9-30(13-23)19-15-10-17(26)16(24)11-18(15)28-22(25)29-19/h10-11,14,21,27H,3-9,12-13H2,1-2H3. The van der Waals surface area contributed by atoms with E-state index >= 15 is 0 Å². The molecule has 2 aromatic rings. The molecule has 2 aliphatic rings.